The molecule has 3 nitrogen and oxygen atoms in total. The van der Waals surface area contributed by atoms with Gasteiger partial charge in [0.1, 0.15) is 0 Å². The SMILES string of the molecule is CC.CCC(=O)Oc1cc(/C=C\c2cc(C)c(CC)c(CC)c2)ccc1OC.CCCCCCCC. The predicted octanol–water partition coefficient (Wildman–Crippen LogP) is 10.0. The lowest BCUT2D eigenvalue weighted by atomic mass is 9.95. The van der Waals surface area contributed by atoms with Gasteiger partial charge in [0.2, 0.25) is 0 Å². The van der Waals surface area contributed by atoms with Gasteiger partial charge in [-0.2, -0.15) is 0 Å². The molecule has 0 spiro atoms. The van der Waals surface area contributed by atoms with Crippen LogP contribution in [0, 0.1) is 6.92 Å². The van der Waals surface area contributed by atoms with Gasteiger partial charge in [-0.25, -0.2) is 0 Å². The number of hydrogen-bond donors (Lipinski definition) is 0. The first-order valence-corrected chi connectivity index (χ1v) is 14.1. The summed E-state index contributed by atoms with van der Waals surface area (Å²) in [5, 5.41) is 0. The summed E-state index contributed by atoms with van der Waals surface area (Å²) in [4.78, 5) is 11.6. The van der Waals surface area contributed by atoms with Gasteiger partial charge < -0.3 is 9.47 Å². The van der Waals surface area contributed by atoms with Gasteiger partial charge in [0.15, 0.2) is 11.5 Å². The third-order valence-electron chi connectivity index (χ3n) is 5.95. The van der Waals surface area contributed by atoms with Gasteiger partial charge in [-0.05, 0) is 59.7 Å². The Hall–Kier alpha value is -2.55. The molecule has 0 atom stereocenters. The van der Waals surface area contributed by atoms with Crippen molar-refractivity contribution in [1.29, 1.82) is 0 Å². The first-order chi connectivity index (χ1) is 17.4. The summed E-state index contributed by atoms with van der Waals surface area (Å²) in [5.41, 5.74) is 6.32. The Kier molecular flexibility index (Phi) is 19.2. The molecule has 2 aromatic carbocycles. The number of benzene rings is 2. The number of rotatable bonds is 12. The summed E-state index contributed by atoms with van der Waals surface area (Å²) in [6, 6.07) is 10.1. The minimum atomic E-state index is -0.275. The molecule has 36 heavy (non-hydrogen) atoms. The van der Waals surface area contributed by atoms with Crippen LogP contribution in [0.2, 0.25) is 0 Å². The monoisotopic (exact) mass is 496 g/mol. The highest BCUT2D eigenvalue weighted by Crippen LogP contribution is 2.29. The van der Waals surface area contributed by atoms with Crippen molar-refractivity contribution < 1.29 is 14.3 Å². The highest BCUT2D eigenvalue weighted by Gasteiger charge is 2.09. The van der Waals surface area contributed by atoms with Gasteiger partial charge in [0.05, 0.1) is 7.11 Å². The number of carbonyl (C=O) groups excluding carboxylic acids is 1. The Labute approximate surface area is 222 Å². The first kappa shape index (κ1) is 33.4. The van der Waals surface area contributed by atoms with Crippen LogP contribution in [-0.2, 0) is 17.6 Å². The molecule has 0 aromatic heterocycles. The highest BCUT2D eigenvalue weighted by atomic mass is 16.6. The van der Waals surface area contributed by atoms with E-state index >= 15 is 0 Å². The Morgan fingerprint density at radius 3 is 1.89 bits per heavy atom. The van der Waals surface area contributed by atoms with Crippen LogP contribution in [0.3, 0.4) is 0 Å². The fourth-order valence-electron chi connectivity index (χ4n) is 3.96. The maximum Gasteiger partial charge on any atom is 0.311 e. The fourth-order valence-corrected chi connectivity index (χ4v) is 3.96. The van der Waals surface area contributed by atoms with Gasteiger partial charge in [-0.3, -0.25) is 4.79 Å². The molecule has 0 saturated carbocycles. The first-order valence-electron chi connectivity index (χ1n) is 14.1. The second-order valence-corrected chi connectivity index (χ2v) is 8.67. The molecule has 0 aliphatic carbocycles. The molecule has 0 aliphatic heterocycles. The molecule has 0 aliphatic rings. The van der Waals surface area contributed by atoms with E-state index in [9.17, 15) is 4.79 Å². The number of unbranched alkanes of at least 4 members (excludes halogenated alkanes) is 5. The van der Waals surface area contributed by atoms with Gasteiger partial charge in [0.25, 0.3) is 0 Å². The molecule has 0 N–H and O–H groups in total. The van der Waals surface area contributed by atoms with Crippen molar-refractivity contribution in [2.24, 2.45) is 0 Å². The van der Waals surface area contributed by atoms with Crippen molar-refractivity contribution in [1.82, 2.24) is 0 Å². The largest absolute Gasteiger partial charge is 0.493 e. The number of carbonyl (C=O) groups is 1. The summed E-state index contributed by atoms with van der Waals surface area (Å²) >= 11 is 0. The molecular weight excluding hydrogens is 444 g/mol. The molecule has 0 saturated heterocycles. The van der Waals surface area contributed by atoms with Crippen molar-refractivity contribution in [3.05, 3.63) is 58.1 Å². The zero-order valence-corrected chi connectivity index (χ0v) is 24.6. The van der Waals surface area contributed by atoms with E-state index in [4.69, 9.17) is 9.47 Å². The van der Waals surface area contributed by atoms with Crippen LogP contribution < -0.4 is 9.47 Å². The van der Waals surface area contributed by atoms with Gasteiger partial charge >= 0.3 is 5.97 Å². The lowest BCUT2D eigenvalue weighted by Gasteiger charge is -2.11. The number of methoxy groups -OCH3 is 1. The van der Waals surface area contributed by atoms with Crippen molar-refractivity contribution in [2.45, 2.75) is 113 Å². The average Bonchev–Trinajstić information content (AvgIpc) is 2.91. The van der Waals surface area contributed by atoms with Crippen LogP contribution in [0.1, 0.15) is 121 Å². The van der Waals surface area contributed by atoms with E-state index in [0.29, 0.717) is 17.9 Å². The van der Waals surface area contributed by atoms with Crippen molar-refractivity contribution >= 4 is 18.1 Å². The Bertz CT molecular complexity index is 890. The fraction of sp³-hybridized carbons (Fsp3) is 0.545. The second-order valence-electron chi connectivity index (χ2n) is 8.67. The van der Waals surface area contributed by atoms with E-state index in [2.05, 4.69) is 52.8 Å². The third-order valence-corrected chi connectivity index (χ3v) is 5.95. The molecule has 0 bridgehead atoms. The summed E-state index contributed by atoms with van der Waals surface area (Å²) in [6.45, 7) is 16.8. The Morgan fingerprint density at radius 2 is 1.39 bits per heavy atom. The van der Waals surface area contributed by atoms with Crippen molar-refractivity contribution in [3.63, 3.8) is 0 Å². The number of aryl methyl sites for hydroxylation is 2. The Morgan fingerprint density at radius 1 is 0.778 bits per heavy atom. The van der Waals surface area contributed by atoms with Crippen molar-refractivity contribution in [3.8, 4) is 11.5 Å². The van der Waals surface area contributed by atoms with E-state index in [1.807, 2.05) is 38.1 Å². The molecule has 0 unspecified atom stereocenters. The summed E-state index contributed by atoms with van der Waals surface area (Å²) < 4.78 is 10.6. The minimum absolute atomic E-state index is 0.275. The van der Waals surface area contributed by atoms with E-state index < -0.39 is 0 Å². The third kappa shape index (κ3) is 12.4. The minimum Gasteiger partial charge on any atom is -0.493 e. The summed E-state index contributed by atoms with van der Waals surface area (Å²) in [5.74, 6) is 0.733. The number of ether oxygens (including phenoxy) is 2. The van der Waals surface area contributed by atoms with E-state index in [1.165, 1.54) is 60.8 Å². The molecule has 2 rings (SSSR count). The maximum absolute atomic E-state index is 11.6. The Balaban J connectivity index is 0.00000104. The molecule has 0 radical (unpaired) electrons. The maximum atomic E-state index is 11.6. The van der Waals surface area contributed by atoms with Gasteiger partial charge in [-0.1, -0.05) is 117 Å². The zero-order chi connectivity index (χ0) is 27.3. The van der Waals surface area contributed by atoms with Crippen LogP contribution in [0.15, 0.2) is 30.3 Å². The molecule has 2 aromatic rings. The van der Waals surface area contributed by atoms with Crippen LogP contribution in [0.4, 0.5) is 0 Å². The van der Waals surface area contributed by atoms with Crippen LogP contribution in [0.5, 0.6) is 11.5 Å². The molecule has 0 amide bonds. The molecule has 0 fully saturated rings. The molecule has 202 valence electrons. The second kappa shape index (κ2) is 20.6. The van der Waals surface area contributed by atoms with Crippen LogP contribution in [-0.4, -0.2) is 13.1 Å². The zero-order valence-electron chi connectivity index (χ0n) is 24.6. The molecular formula is C33H52O3. The van der Waals surface area contributed by atoms with E-state index in [0.717, 1.165) is 18.4 Å². The van der Waals surface area contributed by atoms with Crippen molar-refractivity contribution in [2.75, 3.05) is 7.11 Å². The predicted molar refractivity (Wildman–Crippen MR) is 158 cm³/mol. The van der Waals surface area contributed by atoms with Crippen LogP contribution >= 0.6 is 0 Å². The summed E-state index contributed by atoms with van der Waals surface area (Å²) in [7, 11) is 1.57. The lowest BCUT2D eigenvalue weighted by molar-refractivity contribution is -0.134. The normalized spacial score (nSPS) is 10.2. The molecule has 0 heterocycles. The summed E-state index contributed by atoms with van der Waals surface area (Å²) in [6.07, 6.45) is 15.0. The quantitative estimate of drug-likeness (QED) is 0.127. The molecule has 3 heteroatoms. The van der Waals surface area contributed by atoms with E-state index in [1.54, 1.807) is 14.0 Å². The van der Waals surface area contributed by atoms with Crippen LogP contribution in [0.25, 0.3) is 12.2 Å². The van der Waals surface area contributed by atoms with E-state index in [-0.39, 0.29) is 5.97 Å². The smallest absolute Gasteiger partial charge is 0.311 e. The highest BCUT2D eigenvalue weighted by molar-refractivity contribution is 5.75. The standard InChI is InChI=1S/C23H28O3.C8H18.C2H6/c1-6-19-14-18(13-16(4)20(19)7-2)10-9-17-11-12-21(25-5)22(15-17)26-23(24)8-3;1-3-5-7-8-6-4-2;1-2/h9-15H,6-8H2,1-5H3;3-8H2,1-2H3;1-2H3/b10-9-;;. The topological polar surface area (TPSA) is 35.5 Å². The van der Waals surface area contributed by atoms with Gasteiger partial charge in [0, 0.05) is 6.42 Å². The number of hydrogen-bond acceptors (Lipinski definition) is 3. The average molecular weight is 497 g/mol. The number of esters is 1. The lowest BCUT2D eigenvalue weighted by Crippen LogP contribution is -2.06. The van der Waals surface area contributed by atoms with Gasteiger partial charge in [-0.15, -0.1) is 0 Å².